The van der Waals surface area contributed by atoms with Crippen molar-refractivity contribution in [2.75, 3.05) is 13.2 Å². The molecule has 2 heterocycles. The molecule has 45 heavy (non-hydrogen) atoms. The lowest BCUT2D eigenvalue weighted by Gasteiger charge is -2.44. The smallest absolute Gasteiger partial charge is 0.161 e. The first kappa shape index (κ1) is 33.5. The second-order valence-corrected chi connectivity index (χ2v) is 14.0. The first-order valence-corrected chi connectivity index (χ1v) is 17.7. The molecule has 1 aliphatic heterocycles. The van der Waals surface area contributed by atoms with Crippen LogP contribution in [0.1, 0.15) is 108 Å². The van der Waals surface area contributed by atoms with Gasteiger partial charge in [-0.1, -0.05) is 64.0 Å². The molecule has 7 N–H and O–H groups in total. The normalized spacial score (nSPS) is 24.0. The van der Waals surface area contributed by atoms with Gasteiger partial charge < -0.3 is 36.1 Å². The average molecular weight is 620 g/mol. The largest absolute Gasteiger partial charge is 0.504 e. The summed E-state index contributed by atoms with van der Waals surface area (Å²) in [6.45, 7) is 3.46. The number of aliphatic hydroxyl groups is 2. The quantitative estimate of drug-likeness (QED) is 0.127. The molecule has 2 aromatic rings. The molecule has 3 aliphatic rings. The van der Waals surface area contributed by atoms with E-state index in [1.165, 1.54) is 56.2 Å². The molecule has 5 rings (SSSR count). The van der Waals surface area contributed by atoms with E-state index in [4.69, 9.17) is 10.5 Å². The summed E-state index contributed by atoms with van der Waals surface area (Å²) in [4.78, 5) is 3.55. The summed E-state index contributed by atoms with van der Waals surface area (Å²) in [6, 6.07) is 9.83. The van der Waals surface area contributed by atoms with Crippen molar-refractivity contribution in [2.24, 2.45) is 23.5 Å². The number of aromatic amines is 1. The van der Waals surface area contributed by atoms with Crippen molar-refractivity contribution in [1.29, 1.82) is 0 Å². The number of aromatic nitrogens is 1. The summed E-state index contributed by atoms with van der Waals surface area (Å²) in [7, 11) is 0. The van der Waals surface area contributed by atoms with Crippen molar-refractivity contribution in [2.45, 2.75) is 121 Å². The van der Waals surface area contributed by atoms with Crippen molar-refractivity contribution < 1.29 is 20.1 Å². The van der Waals surface area contributed by atoms with Gasteiger partial charge in [-0.3, -0.25) is 0 Å². The Hall–Kier alpha value is -2.90. The van der Waals surface area contributed by atoms with Crippen LogP contribution in [0.5, 0.6) is 11.5 Å². The fraction of sp³-hybridized carbons (Fsp3) is 0.632. The van der Waals surface area contributed by atoms with Crippen LogP contribution in [0.4, 0.5) is 0 Å². The molecule has 1 aromatic carbocycles. The number of aryl methyl sites for hydroxylation is 1. The second kappa shape index (κ2) is 16.1. The van der Waals surface area contributed by atoms with Crippen LogP contribution >= 0.6 is 0 Å². The summed E-state index contributed by atoms with van der Waals surface area (Å²) in [5.41, 5.74) is 9.80. The first-order valence-electron chi connectivity index (χ1n) is 17.7. The maximum atomic E-state index is 10.9. The Kier molecular flexibility index (Phi) is 12.0. The molecule has 1 aromatic heterocycles. The molecule has 0 amide bonds. The topological polar surface area (TPSA) is 124 Å². The van der Waals surface area contributed by atoms with Crippen LogP contribution in [0, 0.1) is 17.8 Å². The standard InChI is InChI=1S/C38H57N3O4/c1-2-27-8-6-9-29(14-11-27)34(44)26-31(42)15-12-28-13-16-33(43)35(24-28)45-23-18-32(30-17-22-41-37(39)25-30)38(19-4-3-5-20-38)36-10-7-21-40-36/h7,10,13,16-17,21,24-25,27,29,31-32,34,40-44H,2-6,8-9,11-12,14-15,18-20,22-23,26,39H2,1H3. The zero-order chi connectivity index (χ0) is 31.6. The molecule has 7 heteroatoms. The minimum atomic E-state index is -0.553. The molecular formula is C38H57N3O4. The summed E-state index contributed by atoms with van der Waals surface area (Å²) in [5.74, 6) is 2.63. The van der Waals surface area contributed by atoms with Crippen molar-refractivity contribution in [3.63, 3.8) is 0 Å². The molecule has 5 atom stereocenters. The number of nitrogens with one attached hydrogen (secondary N) is 2. The van der Waals surface area contributed by atoms with Gasteiger partial charge in [0.15, 0.2) is 11.5 Å². The van der Waals surface area contributed by atoms with E-state index in [2.05, 4.69) is 41.5 Å². The number of benzene rings is 1. The molecule has 0 bridgehead atoms. The van der Waals surface area contributed by atoms with Crippen LogP contribution in [-0.4, -0.2) is 45.7 Å². The molecular weight excluding hydrogens is 562 g/mol. The van der Waals surface area contributed by atoms with E-state index in [-0.39, 0.29) is 17.1 Å². The van der Waals surface area contributed by atoms with Crippen LogP contribution < -0.4 is 15.8 Å². The highest BCUT2D eigenvalue weighted by molar-refractivity contribution is 5.42. The van der Waals surface area contributed by atoms with Gasteiger partial charge in [-0.2, -0.15) is 0 Å². The maximum Gasteiger partial charge on any atom is 0.161 e. The Morgan fingerprint density at radius 3 is 2.62 bits per heavy atom. The lowest BCUT2D eigenvalue weighted by molar-refractivity contribution is 0.0352. The summed E-state index contributed by atoms with van der Waals surface area (Å²) in [5, 5.41) is 35.6. The zero-order valence-corrected chi connectivity index (χ0v) is 27.4. The van der Waals surface area contributed by atoms with E-state index in [9.17, 15) is 15.3 Å². The fourth-order valence-corrected chi connectivity index (χ4v) is 8.45. The minimum Gasteiger partial charge on any atom is -0.504 e. The number of phenolic OH excluding ortho intramolecular Hbond substituents is 1. The average Bonchev–Trinajstić information content (AvgIpc) is 3.49. The molecule has 2 fully saturated rings. The van der Waals surface area contributed by atoms with Crippen molar-refractivity contribution in [3.8, 4) is 11.5 Å². The third-order valence-electron chi connectivity index (χ3n) is 11.1. The lowest BCUT2D eigenvalue weighted by Crippen LogP contribution is -2.40. The van der Waals surface area contributed by atoms with E-state index in [1.807, 2.05) is 18.3 Å². The zero-order valence-electron chi connectivity index (χ0n) is 27.4. The molecule has 5 unspecified atom stereocenters. The van der Waals surface area contributed by atoms with Gasteiger partial charge in [0.2, 0.25) is 0 Å². The van der Waals surface area contributed by atoms with Gasteiger partial charge in [0.25, 0.3) is 0 Å². The van der Waals surface area contributed by atoms with Gasteiger partial charge in [0.05, 0.1) is 24.6 Å². The number of aromatic hydroxyl groups is 1. The number of ether oxygens (including phenoxy) is 1. The molecule has 2 aliphatic carbocycles. The number of nitrogens with two attached hydrogens (primary N) is 1. The SMILES string of the molecule is CCC1CCCC(C(O)CC(O)CCc2ccc(O)c(OCCC(C3=CCNC(N)=C3)C3(c4ccc[nH]4)CCCCC3)c2)CC1. The molecule has 248 valence electrons. The highest BCUT2D eigenvalue weighted by Crippen LogP contribution is 2.49. The van der Waals surface area contributed by atoms with Crippen molar-refractivity contribution in [1.82, 2.24) is 10.3 Å². The Labute approximate surface area is 270 Å². The summed E-state index contributed by atoms with van der Waals surface area (Å²) >= 11 is 0. The number of rotatable bonds is 14. The predicted molar refractivity (Wildman–Crippen MR) is 181 cm³/mol. The van der Waals surface area contributed by atoms with Crippen LogP contribution in [-0.2, 0) is 11.8 Å². The Bertz CT molecular complexity index is 1250. The monoisotopic (exact) mass is 619 g/mol. The van der Waals surface area contributed by atoms with Gasteiger partial charge in [-0.15, -0.1) is 0 Å². The van der Waals surface area contributed by atoms with Crippen LogP contribution in [0.3, 0.4) is 0 Å². The number of hydrogen-bond acceptors (Lipinski definition) is 6. The summed E-state index contributed by atoms with van der Waals surface area (Å²) < 4.78 is 6.30. The highest BCUT2D eigenvalue weighted by atomic mass is 16.5. The fourth-order valence-electron chi connectivity index (χ4n) is 8.45. The third-order valence-corrected chi connectivity index (χ3v) is 11.1. The van der Waals surface area contributed by atoms with E-state index in [0.717, 1.165) is 50.1 Å². The van der Waals surface area contributed by atoms with E-state index >= 15 is 0 Å². The lowest BCUT2D eigenvalue weighted by atomic mass is 9.60. The maximum absolute atomic E-state index is 10.9. The third kappa shape index (κ3) is 8.68. The van der Waals surface area contributed by atoms with Crippen LogP contribution in [0.25, 0.3) is 0 Å². The molecule has 0 saturated heterocycles. The number of dihydropyridines is 1. The van der Waals surface area contributed by atoms with Crippen molar-refractivity contribution >= 4 is 0 Å². The first-order chi connectivity index (χ1) is 21.9. The van der Waals surface area contributed by atoms with Gasteiger partial charge in [0, 0.05) is 23.9 Å². The van der Waals surface area contributed by atoms with Crippen molar-refractivity contribution in [3.05, 3.63) is 71.3 Å². The van der Waals surface area contributed by atoms with Gasteiger partial charge >= 0.3 is 0 Å². The molecule has 0 radical (unpaired) electrons. The number of allylic oxidation sites excluding steroid dienone is 2. The van der Waals surface area contributed by atoms with Gasteiger partial charge in [-0.05, 0) is 111 Å². The second-order valence-electron chi connectivity index (χ2n) is 14.0. The predicted octanol–water partition coefficient (Wildman–Crippen LogP) is 6.99. The number of phenols is 1. The summed E-state index contributed by atoms with van der Waals surface area (Å²) in [6.07, 6.45) is 20.7. The number of hydrogen-bond donors (Lipinski definition) is 6. The minimum absolute atomic E-state index is 0.00980. The van der Waals surface area contributed by atoms with E-state index in [1.54, 1.807) is 6.07 Å². The Morgan fingerprint density at radius 2 is 1.87 bits per heavy atom. The molecule has 0 spiro atoms. The Morgan fingerprint density at radius 1 is 1.02 bits per heavy atom. The number of aliphatic hydroxyl groups excluding tert-OH is 2. The van der Waals surface area contributed by atoms with E-state index in [0.29, 0.717) is 43.4 Å². The molecule has 2 saturated carbocycles. The Balaban J connectivity index is 1.20. The number of H-pyrrole nitrogens is 1. The van der Waals surface area contributed by atoms with Crippen LogP contribution in [0.15, 0.2) is 60.1 Å². The van der Waals surface area contributed by atoms with E-state index < -0.39 is 12.2 Å². The molecule has 7 nitrogen and oxygen atoms in total. The highest BCUT2D eigenvalue weighted by Gasteiger charge is 2.43. The van der Waals surface area contributed by atoms with Gasteiger partial charge in [-0.25, -0.2) is 0 Å². The van der Waals surface area contributed by atoms with Gasteiger partial charge in [0.1, 0.15) is 0 Å². The van der Waals surface area contributed by atoms with Crippen LogP contribution in [0.2, 0.25) is 0 Å².